The maximum atomic E-state index is 11.9. The topological polar surface area (TPSA) is 32.9 Å². The number of nitrogens with one attached hydrogen (secondary N) is 1. The Morgan fingerprint density at radius 2 is 1.38 bits per heavy atom. The van der Waals surface area contributed by atoms with Gasteiger partial charge in [-0.1, -0.05) is 41.5 Å². The van der Waals surface area contributed by atoms with E-state index < -0.39 is 0 Å². The average Bonchev–Trinajstić information content (AvgIpc) is 1.97. The summed E-state index contributed by atoms with van der Waals surface area (Å²) in [4.78, 5) is 14.9. The van der Waals surface area contributed by atoms with Crippen LogP contribution in [0.5, 0.6) is 0 Å². The quantitative estimate of drug-likeness (QED) is 0.716. The molecule has 0 aliphatic heterocycles. The van der Waals surface area contributed by atoms with Gasteiger partial charge in [-0.3, -0.25) is 4.79 Å². The molecule has 0 spiro atoms. The lowest BCUT2D eigenvalue weighted by atomic mass is 9.81. The molecule has 0 radical (unpaired) electrons. The van der Waals surface area contributed by atoms with Crippen molar-refractivity contribution in [2.75, 3.05) is 0 Å². The van der Waals surface area contributed by atoms with Gasteiger partial charge in [0, 0.05) is 11.3 Å². The van der Waals surface area contributed by atoms with E-state index in [1.807, 2.05) is 6.92 Å². The Kier molecular flexibility index (Phi) is 3.06. The van der Waals surface area contributed by atoms with Gasteiger partial charge < -0.3 is 4.98 Å². The Bertz CT molecular complexity index is 441. The molecule has 0 bridgehead atoms. The normalized spacial score (nSPS) is 12.9. The highest BCUT2D eigenvalue weighted by molar-refractivity contribution is 5.33. The third-order valence-electron chi connectivity index (χ3n) is 2.85. The van der Waals surface area contributed by atoms with Gasteiger partial charge in [0.05, 0.1) is 0 Å². The summed E-state index contributed by atoms with van der Waals surface area (Å²) in [5.74, 6) is 0. The summed E-state index contributed by atoms with van der Waals surface area (Å²) >= 11 is 0. The predicted octanol–water partition coefficient (Wildman–Crippen LogP) is 3.28. The number of aromatic amines is 1. The monoisotopic (exact) mass is 221 g/mol. The Morgan fingerprint density at radius 3 is 1.75 bits per heavy atom. The van der Waals surface area contributed by atoms with Crippen molar-refractivity contribution in [3.8, 4) is 0 Å². The highest BCUT2D eigenvalue weighted by Crippen LogP contribution is 2.27. The van der Waals surface area contributed by atoms with Gasteiger partial charge in [-0.15, -0.1) is 0 Å². The lowest BCUT2D eigenvalue weighted by Crippen LogP contribution is -2.28. The van der Waals surface area contributed by atoms with Crippen molar-refractivity contribution in [1.29, 1.82) is 0 Å². The largest absolute Gasteiger partial charge is 0.326 e. The minimum absolute atomic E-state index is 0.0398. The summed E-state index contributed by atoms with van der Waals surface area (Å²) in [7, 11) is 0. The van der Waals surface area contributed by atoms with Crippen LogP contribution in [0.1, 0.15) is 58.4 Å². The predicted molar refractivity (Wildman–Crippen MR) is 69.2 cm³/mol. The molecule has 16 heavy (non-hydrogen) atoms. The minimum Gasteiger partial charge on any atom is -0.326 e. The first-order chi connectivity index (χ1) is 7.03. The number of H-pyrrole nitrogens is 1. The summed E-state index contributed by atoms with van der Waals surface area (Å²) in [6, 6.07) is 2.06. The van der Waals surface area contributed by atoms with E-state index >= 15 is 0 Å². The standard InChI is InChI=1S/C14H23NO/c1-9-10(13(2,3)4)8-11(12(16)15-9)14(5,6)7/h8H,1-7H3,(H,15,16). The molecule has 2 heteroatoms. The van der Waals surface area contributed by atoms with Gasteiger partial charge in [0.15, 0.2) is 0 Å². The zero-order chi connectivity index (χ0) is 12.7. The fourth-order valence-electron chi connectivity index (χ4n) is 1.96. The van der Waals surface area contributed by atoms with Crippen LogP contribution in [-0.4, -0.2) is 4.98 Å². The molecule has 1 rings (SSSR count). The fraction of sp³-hybridized carbons (Fsp3) is 0.643. The number of hydrogen-bond donors (Lipinski definition) is 1. The van der Waals surface area contributed by atoms with Crippen molar-refractivity contribution < 1.29 is 0 Å². The molecule has 1 aromatic heterocycles. The van der Waals surface area contributed by atoms with Gasteiger partial charge >= 0.3 is 0 Å². The van der Waals surface area contributed by atoms with Gasteiger partial charge in [0.25, 0.3) is 5.56 Å². The number of aryl methyl sites for hydroxylation is 1. The van der Waals surface area contributed by atoms with Gasteiger partial charge in [0.1, 0.15) is 0 Å². The van der Waals surface area contributed by atoms with Crippen LogP contribution in [0.25, 0.3) is 0 Å². The Hall–Kier alpha value is -1.05. The molecule has 0 fully saturated rings. The Morgan fingerprint density at radius 1 is 0.938 bits per heavy atom. The van der Waals surface area contributed by atoms with Crippen LogP contribution in [0, 0.1) is 6.92 Å². The van der Waals surface area contributed by atoms with Crippen LogP contribution < -0.4 is 5.56 Å². The van der Waals surface area contributed by atoms with E-state index in [0.29, 0.717) is 0 Å². The van der Waals surface area contributed by atoms with E-state index in [1.54, 1.807) is 0 Å². The first-order valence-electron chi connectivity index (χ1n) is 5.78. The Balaban J connectivity index is 3.52. The smallest absolute Gasteiger partial charge is 0.251 e. The molecule has 1 N–H and O–H groups in total. The maximum absolute atomic E-state index is 11.9. The van der Waals surface area contributed by atoms with Crippen molar-refractivity contribution in [2.45, 2.75) is 59.3 Å². The van der Waals surface area contributed by atoms with Crippen molar-refractivity contribution >= 4 is 0 Å². The highest BCUT2D eigenvalue weighted by atomic mass is 16.1. The van der Waals surface area contributed by atoms with E-state index in [9.17, 15) is 4.79 Å². The van der Waals surface area contributed by atoms with E-state index in [4.69, 9.17) is 0 Å². The summed E-state index contributed by atoms with van der Waals surface area (Å²) in [5, 5.41) is 0. The SMILES string of the molecule is Cc1[nH]c(=O)c(C(C)(C)C)cc1C(C)(C)C. The third-order valence-corrected chi connectivity index (χ3v) is 2.85. The summed E-state index contributed by atoms with van der Waals surface area (Å²) in [6.45, 7) is 14.7. The molecule has 0 amide bonds. The number of hydrogen-bond acceptors (Lipinski definition) is 1. The summed E-state index contributed by atoms with van der Waals surface area (Å²) < 4.78 is 0. The molecule has 0 aliphatic carbocycles. The molecule has 90 valence electrons. The van der Waals surface area contributed by atoms with Crippen LogP contribution in [0.15, 0.2) is 10.9 Å². The van der Waals surface area contributed by atoms with Crippen LogP contribution in [0.2, 0.25) is 0 Å². The highest BCUT2D eigenvalue weighted by Gasteiger charge is 2.23. The molecule has 1 heterocycles. The zero-order valence-electron chi connectivity index (χ0n) is 11.5. The second-order valence-corrected chi connectivity index (χ2v) is 6.55. The molecular weight excluding hydrogens is 198 g/mol. The van der Waals surface area contributed by atoms with Crippen molar-refractivity contribution in [3.05, 3.63) is 33.2 Å². The van der Waals surface area contributed by atoms with Crippen LogP contribution >= 0.6 is 0 Å². The van der Waals surface area contributed by atoms with Crippen LogP contribution in [-0.2, 0) is 10.8 Å². The zero-order valence-corrected chi connectivity index (χ0v) is 11.5. The summed E-state index contributed by atoms with van der Waals surface area (Å²) in [6.07, 6.45) is 0. The minimum atomic E-state index is -0.110. The van der Waals surface area contributed by atoms with Gasteiger partial charge in [0.2, 0.25) is 0 Å². The first-order valence-corrected chi connectivity index (χ1v) is 5.78. The second kappa shape index (κ2) is 3.76. The fourth-order valence-corrected chi connectivity index (χ4v) is 1.96. The summed E-state index contributed by atoms with van der Waals surface area (Å²) in [5.41, 5.74) is 3.05. The van der Waals surface area contributed by atoms with Gasteiger partial charge in [-0.25, -0.2) is 0 Å². The molecule has 1 aromatic rings. The molecule has 0 atom stereocenters. The molecule has 0 saturated carbocycles. The number of rotatable bonds is 0. The molecule has 0 aliphatic rings. The van der Waals surface area contributed by atoms with Crippen molar-refractivity contribution in [1.82, 2.24) is 4.98 Å². The van der Waals surface area contributed by atoms with Crippen LogP contribution in [0.3, 0.4) is 0 Å². The molecular formula is C14H23NO. The van der Waals surface area contributed by atoms with Gasteiger partial charge in [-0.2, -0.15) is 0 Å². The molecule has 0 saturated heterocycles. The number of pyridine rings is 1. The molecule has 2 nitrogen and oxygen atoms in total. The molecule has 0 aromatic carbocycles. The average molecular weight is 221 g/mol. The maximum Gasteiger partial charge on any atom is 0.251 e. The van der Waals surface area contributed by atoms with Gasteiger partial charge in [-0.05, 0) is 29.4 Å². The van der Waals surface area contributed by atoms with E-state index in [2.05, 4.69) is 52.6 Å². The van der Waals surface area contributed by atoms with Crippen LogP contribution in [0.4, 0.5) is 0 Å². The Labute approximate surface area is 98.1 Å². The second-order valence-electron chi connectivity index (χ2n) is 6.55. The van der Waals surface area contributed by atoms with E-state index in [0.717, 1.165) is 11.3 Å². The first kappa shape index (κ1) is 13.0. The van der Waals surface area contributed by atoms with E-state index in [1.165, 1.54) is 5.56 Å². The van der Waals surface area contributed by atoms with Crippen molar-refractivity contribution in [3.63, 3.8) is 0 Å². The van der Waals surface area contributed by atoms with E-state index in [-0.39, 0.29) is 16.4 Å². The van der Waals surface area contributed by atoms with Crippen molar-refractivity contribution in [2.24, 2.45) is 0 Å². The lowest BCUT2D eigenvalue weighted by molar-refractivity contribution is 0.555. The number of aromatic nitrogens is 1. The third kappa shape index (κ3) is 2.55. The lowest BCUT2D eigenvalue weighted by Gasteiger charge is -2.25. The molecule has 0 unspecified atom stereocenters.